The van der Waals surface area contributed by atoms with E-state index in [2.05, 4.69) is 108 Å². The third-order valence-electron chi connectivity index (χ3n) is 7.74. The molecular weight excluding hydrogens is 478 g/mol. The van der Waals surface area contributed by atoms with Crippen LogP contribution >= 0.6 is 0 Å². The number of nitrogens with zero attached hydrogens (tertiary/aromatic N) is 1. The number of aliphatic imine (C=N–C) groups is 1. The average Bonchev–Trinajstić information content (AvgIpc) is 3.40. The number of hydrogen-bond donors (Lipinski definition) is 2. The largest absolute Gasteiger partial charge is 0.456 e. The molecule has 0 amide bonds. The summed E-state index contributed by atoms with van der Waals surface area (Å²) in [4.78, 5) is 5.26. The Kier molecular flexibility index (Phi) is 5.00. The van der Waals surface area contributed by atoms with E-state index in [1.54, 1.807) is 0 Å². The average molecular weight is 504 g/mol. The molecule has 2 atom stereocenters. The second-order valence-corrected chi connectivity index (χ2v) is 10.1. The second-order valence-electron chi connectivity index (χ2n) is 10.1. The summed E-state index contributed by atoms with van der Waals surface area (Å²) in [5.74, 6) is 0.850. The highest BCUT2D eigenvalue weighted by Crippen LogP contribution is 2.34. The van der Waals surface area contributed by atoms with Crippen molar-refractivity contribution < 1.29 is 4.42 Å². The van der Waals surface area contributed by atoms with Gasteiger partial charge < -0.3 is 9.73 Å². The maximum atomic E-state index is 6.19. The Morgan fingerprint density at radius 2 is 1.31 bits per heavy atom. The van der Waals surface area contributed by atoms with Crippen LogP contribution in [-0.4, -0.2) is 5.84 Å². The minimum absolute atomic E-state index is 0.107. The van der Waals surface area contributed by atoms with Crippen LogP contribution in [0.2, 0.25) is 0 Å². The van der Waals surface area contributed by atoms with Crippen molar-refractivity contribution in [3.63, 3.8) is 0 Å². The van der Waals surface area contributed by atoms with Gasteiger partial charge in [-0.3, -0.25) is 5.32 Å². The van der Waals surface area contributed by atoms with Crippen LogP contribution in [0.4, 0.5) is 0 Å². The number of rotatable bonds is 3. The van der Waals surface area contributed by atoms with Gasteiger partial charge in [0.25, 0.3) is 0 Å². The quantitative estimate of drug-likeness (QED) is 0.239. The van der Waals surface area contributed by atoms with Crippen LogP contribution in [0.3, 0.4) is 0 Å². The molecule has 0 bridgehead atoms. The van der Waals surface area contributed by atoms with Gasteiger partial charge in [-0.05, 0) is 50.9 Å². The lowest BCUT2D eigenvalue weighted by Crippen LogP contribution is -2.45. The molecule has 0 spiro atoms. The van der Waals surface area contributed by atoms with Crippen LogP contribution in [0.25, 0.3) is 43.5 Å². The van der Waals surface area contributed by atoms with Gasteiger partial charge in [0.2, 0.25) is 0 Å². The van der Waals surface area contributed by atoms with Crippen LogP contribution < -0.4 is 10.6 Å². The first-order valence-corrected chi connectivity index (χ1v) is 13.3. The van der Waals surface area contributed by atoms with E-state index in [-0.39, 0.29) is 12.3 Å². The summed E-state index contributed by atoms with van der Waals surface area (Å²) in [5, 5.41) is 14.6. The third-order valence-corrected chi connectivity index (χ3v) is 7.74. The first-order valence-electron chi connectivity index (χ1n) is 13.3. The number of fused-ring (bicyclic) bond motifs is 6. The van der Waals surface area contributed by atoms with E-state index >= 15 is 0 Å². The van der Waals surface area contributed by atoms with E-state index < -0.39 is 0 Å². The van der Waals surface area contributed by atoms with E-state index in [0.29, 0.717) is 0 Å². The number of amidine groups is 1. The molecule has 0 saturated heterocycles. The van der Waals surface area contributed by atoms with Crippen LogP contribution in [0.15, 0.2) is 137 Å². The topological polar surface area (TPSA) is 49.6 Å². The SMILES string of the molecule is c1ccc(C2NC(c3cccc4oc5ccccc5c34)=NC(c3ccc4c(ccc5ccccc54)c3)N2)cc1. The molecule has 0 fully saturated rings. The van der Waals surface area contributed by atoms with Gasteiger partial charge in [0.05, 0.1) is 0 Å². The van der Waals surface area contributed by atoms with Crippen molar-refractivity contribution in [3.8, 4) is 0 Å². The fourth-order valence-corrected chi connectivity index (χ4v) is 5.86. The Hall–Kier alpha value is -4.93. The predicted molar refractivity (Wildman–Crippen MR) is 160 cm³/mol. The molecule has 1 aromatic heterocycles. The van der Waals surface area contributed by atoms with Gasteiger partial charge in [0.1, 0.15) is 29.3 Å². The van der Waals surface area contributed by atoms with Crippen molar-refractivity contribution in [1.82, 2.24) is 10.6 Å². The van der Waals surface area contributed by atoms with Gasteiger partial charge >= 0.3 is 0 Å². The standard InChI is InChI=1S/C35H25N3O/c1-2-10-23(11-3-1)33-36-34(25-19-20-27-24(21-25)18-17-22-9-4-5-12-26(22)27)38-35(37-33)29-14-8-16-31-32(29)28-13-6-7-15-30(28)39-31/h1-21,33-34,36H,(H,37,38). The Bertz CT molecular complexity index is 2040. The molecule has 8 rings (SSSR count). The summed E-state index contributed by atoms with van der Waals surface area (Å²) >= 11 is 0. The van der Waals surface area contributed by atoms with Crippen molar-refractivity contribution in [1.29, 1.82) is 0 Å². The van der Waals surface area contributed by atoms with Gasteiger partial charge in [-0.1, -0.05) is 109 Å². The molecular formula is C35H25N3O. The van der Waals surface area contributed by atoms with Crippen molar-refractivity contribution in [2.75, 3.05) is 0 Å². The molecule has 4 heteroatoms. The second kappa shape index (κ2) is 8.83. The Morgan fingerprint density at radius 3 is 2.23 bits per heavy atom. The monoisotopic (exact) mass is 503 g/mol. The van der Waals surface area contributed by atoms with Crippen LogP contribution in [-0.2, 0) is 0 Å². The lowest BCUT2D eigenvalue weighted by Gasteiger charge is -2.32. The number of para-hydroxylation sites is 1. The Labute approximate surface area is 225 Å². The highest BCUT2D eigenvalue weighted by atomic mass is 16.3. The summed E-state index contributed by atoms with van der Waals surface area (Å²) in [6.07, 6.45) is -0.333. The molecule has 4 nitrogen and oxygen atoms in total. The van der Waals surface area contributed by atoms with E-state index in [9.17, 15) is 0 Å². The van der Waals surface area contributed by atoms with Crippen molar-refractivity contribution in [2.45, 2.75) is 12.3 Å². The molecule has 186 valence electrons. The molecule has 0 radical (unpaired) electrons. The zero-order chi connectivity index (χ0) is 25.8. The summed E-state index contributed by atoms with van der Waals surface area (Å²) < 4.78 is 6.19. The smallest absolute Gasteiger partial charge is 0.136 e. The molecule has 2 heterocycles. The fraction of sp³-hybridized carbons (Fsp3) is 0.0571. The van der Waals surface area contributed by atoms with Crippen molar-refractivity contribution >= 4 is 49.3 Å². The molecule has 2 unspecified atom stereocenters. The third kappa shape index (κ3) is 3.69. The van der Waals surface area contributed by atoms with Crippen LogP contribution in [0.1, 0.15) is 29.0 Å². The maximum Gasteiger partial charge on any atom is 0.136 e. The number of hydrogen-bond acceptors (Lipinski definition) is 4. The molecule has 6 aromatic carbocycles. The molecule has 7 aromatic rings. The highest BCUT2D eigenvalue weighted by Gasteiger charge is 2.27. The van der Waals surface area contributed by atoms with Gasteiger partial charge in [-0.15, -0.1) is 0 Å². The minimum atomic E-state index is -0.226. The Balaban J connectivity index is 1.30. The number of benzene rings is 6. The van der Waals surface area contributed by atoms with Gasteiger partial charge in [-0.25, -0.2) is 4.99 Å². The zero-order valence-corrected chi connectivity index (χ0v) is 21.1. The Morgan fingerprint density at radius 1 is 0.564 bits per heavy atom. The van der Waals surface area contributed by atoms with E-state index in [1.807, 2.05) is 30.3 Å². The van der Waals surface area contributed by atoms with E-state index in [0.717, 1.165) is 44.5 Å². The summed E-state index contributed by atoms with van der Waals surface area (Å²) in [7, 11) is 0. The van der Waals surface area contributed by atoms with Crippen LogP contribution in [0.5, 0.6) is 0 Å². The lowest BCUT2D eigenvalue weighted by molar-refractivity contribution is 0.409. The molecule has 0 saturated carbocycles. The highest BCUT2D eigenvalue weighted by molar-refractivity contribution is 6.18. The summed E-state index contributed by atoms with van der Waals surface area (Å²) in [6.45, 7) is 0. The predicted octanol–water partition coefficient (Wildman–Crippen LogP) is 8.23. The van der Waals surface area contributed by atoms with Crippen molar-refractivity contribution in [2.24, 2.45) is 4.99 Å². The maximum absolute atomic E-state index is 6.19. The van der Waals surface area contributed by atoms with E-state index in [1.165, 1.54) is 21.5 Å². The normalized spacial score (nSPS) is 17.5. The molecule has 2 N–H and O–H groups in total. The van der Waals surface area contributed by atoms with Gasteiger partial charge in [0.15, 0.2) is 0 Å². The van der Waals surface area contributed by atoms with Crippen LogP contribution in [0, 0.1) is 0 Å². The van der Waals surface area contributed by atoms with Crippen molar-refractivity contribution in [3.05, 3.63) is 144 Å². The van der Waals surface area contributed by atoms with Gasteiger partial charge in [-0.2, -0.15) is 0 Å². The lowest BCUT2D eigenvalue weighted by atomic mass is 9.98. The molecule has 39 heavy (non-hydrogen) atoms. The first kappa shape index (κ1) is 22.1. The first-order chi connectivity index (χ1) is 19.3. The minimum Gasteiger partial charge on any atom is -0.456 e. The molecule has 1 aliphatic heterocycles. The molecule has 1 aliphatic rings. The zero-order valence-electron chi connectivity index (χ0n) is 21.1. The van der Waals surface area contributed by atoms with Gasteiger partial charge in [0, 0.05) is 16.3 Å². The summed E-state index contributed by atoms with van der Waals surface area (Å²) in [6, 6.07) is 44.5. The van der Waals surface area contributed by atoms with E-state index in [4.69, 9.17) is 9.41 Å². The fourth-order valence-electron chi connectivity index (χ4n) is 5.86. The number of furan rings is 1. The molecule has 0 aliphatic carbocycles. The summed E-state index contributed by atoms with van der Waals surface area (Å²) in [5.41, 5.74) is 5.07. The number of nitrogens with one attached hydrogen (secondary N) is 2.